The maximum Gasteiger partial charge on any atom is 0.324 e. The maximum absolute atomic E-state index is 13.0. The van der Waals surface area contributed by atoms with Crippen LogP contribution in [0.4, 0.5) is 10.5 Å². The molecular weight excluding hydrogens is 412 g/mol. The van der Waals surface area contributed by atoms with Gasteiger partial charge in [-0.25, -0.2) is 4.79 Å². The van der Waals surface area contributed by atoms with Crippen molar-refractivity contribution in [3.05, 3.63) is 94.8 Å². The molecule has 1 N–H and O–H groups in total. The smallest absolute Gasteiger partial charge is 0.324 e. The Labute approximate surface area is 186 Å². The van der Waals surface area contributed by atoms with E-state index in [1.165, 1.54) is 0 Å². The van der Waals surface area contributed by atoms with E-state index in [0.29, 0.717) is 36.8 Å². The summed E-state index contributed by atoms with van der Waals surface area (Å²) < 4.78 is 0. The molecule has 2 aromatic carbocycles. The number of amides is 3. The van der Waals surface area contributed by atoms with Gasteiger partial charge in [0.2, 0.25) is 0 Å². The van der Waals surface area contributed by atoms with Crippen LogP contribution in [0.2, 0.25) is 5.02 Å². The minimum atomic E-state index is -0.162. The molecule has 0 bridgehead atoms. The first-order chi connectivity index (χ1) is 15.1. The SMILES string of the molecule is O=C(NCc1cccnc1)c1ccc(N2CCCN(Cc3ccc(Cl)cc3)C2=O)cc1. The normalized spacial score (nSPS) is 13.9. The fourth-order valence-electron chi connectivity index (χ4n) is 3.56. The zero-order valence-corrected chi connectivity index (χ0v) is 17.8. The molecule has 0 unspecified atom stereocenters. The monoisotopic (exact) mass is 434 g/mol. The van der Waals surface area contributed by atoms with Gasteiger partial charge in [-0.1, -0.05) is 29.8 Å². The van der Waals surface area contributed by atoms with Gasteiger partial charge >= 0.3 is 6.03 Å². The Morgan fingerprint density at radius 3 is 2.48 bits per heavy atom. The second kappa shape index (κ2) is 9.62. The molecule has 2 heterocycles. The number of pyridine rings is 1. The third kappa shape index (κ3) is 5.22. The summed E-state index contributed by atoms with van der Waals surface area (Å²) >= 11 is 5.95. The van der Waals surface area contributed by atoms with Gasteiger partial charge in [-0.2, -0.15) is 0 Å². The first kappa shape index (κ1) is 20.9. The van der Waals surface area contributed by atoms with E-state index in [-0.39, 0.29) is 11.9 Å². The van der Waals surface area contributed by atoms with Crippen LogP contribution in [0.5, 0.6) is 0 Å². The van der Waals surface area contributed by atoms with Gasteiger partial charge in [0.25, 0.3) is 5.91 Å². The van der Waals surface area contributed by atoms with Crippen molar-refractivity contribution in [3.63, 3.8) is 0 Å². The van der Waals surface area contributed by atoms with Gasteiger partial charge in [-0.15, -0.1) is 0 Å². The van der Waals surface area contributed by atoms with Gasteiger partial charge in [0.05, 0.1) is 0 Å². The van der Waals surface area contributed by atoms with Crippen LogP contribution in [-0.2, 0) is 13.1 Å². The van der Waals surface area contributed by atoms with E-state index >= 15 is 0 Å². The van der Waals surface area contributed by atoms with E-state index in [9.17, 15) is 9.59 Å². The number of benzene rings is 2. The molecule has 3 aromatic rings. The molecule has 0 aliphatic carbocycles. The first-order valence-corrected chi connectivity index (χ1v) is 10.6. The third-order valence-electron chi connectivity index (χ3n) is 5.21. The number of rotatable bonds is 6. The average molecular weight is 435 g/mol. The van der Waals surface area contributed by atoms with E-state index in [1.807, 2.05) is 53.4 Å². The van der Waals surface area contributed by atoms with Gasteiger partial charge < -0.3 is 10.2 Å². The Morgan fingerprint density at radius 2 is 1.77 bits per heavy atom. The summed E-state index contributed by atoms with van der Waals surface area (Å²) in [5, 5.41) is 3.56. The topological polar surface area (TPSA) is 65.5 Å². The van der Waals surface area contributed by atoms with Crippen LogP contribution in [0.15, 0.2) is 73.1 Å². The van der Waals surface area contributed by atoms with Crippen LogP contribution in [0.25, 0.3) is 0 Å². The summed E-state index contributed by atoms with van der Waals surface area (Å²) in [6.45, 7) is 2.33. The quantitative estimate of drug-likeness (QED) is 0.621. The molecule has 158 valence electrons. The number of halogens is 1. The third-order valence-corrected chi connectivity index (χ3v) is 5.47. The van der Waals surface area contributed by atoms with Gasteiger partial charge in [0.15, 0.2) is 0 Å². The molecule has 0 saturated carbocycles. The lowest BCUT2D eigenvalue weighted by molar-refractivity contribution is 0.0951. The van der Waals surface area contributed by atoms with E-state index in [4.69, 9.17) is 11.6 Å². The van der Waals surface area contributed by atoms with E-state index in [0.717, 1.165) is 23.2 Å². The molecule has 3 amide bonds. The lowest BCUT2D eigenvalue weighted by Gasteiger charge is -2.35. The molecule has 0 radical (unpaired) electrons. The van der Waals surface area contributed by atoms with Gasteiger partial charge in [0.1, 0.15) is 0 Å². The molecular formula is C24H23ClN4O2. The van der Waals surface area contributed by atoms with E-state index in [1.54, 1.807) is 29.4 Å². The molecule has 31 heavy (non-hydrogen) atoms. The van der Waals surface area contributed by atoms with E-state index < -0.39 is 0 Å². The minimum absolute atomic E-state index is 0.0324. The van der Waals surface area contributed by atoms with Crippen molar-refractivity contribution in [1.29, 1.82) is 0 Å². The first-order valence-electron chi connectivity index (χ1n) is 10.2. The molecule has 6 nitrogen and oxygen atoms in total. The summed E-state index contributed by atoms with van der Waals surface area (Å²) in [5.74, 6) is -0.162. The van der Waals surface area contributed by atoms with Crippen LogP contribution in [0.3, 0.4) is 0 Å². The van der Waals surface area contributed by atoms with Crippen molar-refractivity contribution in [2.24, 2.45) is 0 Å². The number of hydrogen-bond donors (Lipinski definition) is 1. The number of carbonyl (C=O) groups is 2. The molecule has 4 rings (SSSR count). The summed E-state index contributed by atoms with van der Waals surface area (Å²) in [5.41, 5.74) is 3.32. The Hall–Kier alpha value is -3.38. The number of anilines is 1. The van der Waals surface area contributed by atoms with Crippen molar-refractivity contribution in [1.82, 2.24) is 15.2 Å². The molecule has 1 aliphatic heterocycles. The Morgan fingerprint density at radius 1 is 1.00 bits per heavy atom. The van der Waals surface area contributed by atoms with Crippen LogP contribution in [-0.4, -0.2) is 34.9 Å². The highest BCUT2D eigenvalue weighted by Gasteiger charge is 2.26. The lowest BCUT2D eigenvalue weighted by Crippen LogP contribution is -2.49. The molecule has 1 fully saturated rings. The molecule has 1 aromatic heterocycles. The summed E-state index contributed by atoms with van der Waals surface area (Å²) in [6.07, 6.45) is 4.30. The van der Waals surface area contributed by atoms with Crippen molar-refractivity contribution in [3.8, 4) is 0 Å². The minimum Gasteiger partial charge on any atom is -0.348 e. The van der Waals surface area contributed by atoms with Crippen LogP contribution < -0.4 is 10.2 Å². The predicted molar refractivity (Wildman–Crippen MR) is 121 cm³/mol. The van der Waals surface area contributed by atoms with Crippen molar-refractivity contribution >= 4 is 29.2 Å². The summed E-state index contributed by atoms with van der Waals surface area (Å²) in [7, 11) is 0. The predicted octanol–water partition coefficient (Wildman–Crippen LogP) is 4.50. The fourth-order valence-corrected chi connectivity index (χ4v) is 3.68. The zero-order chi connectivity index (χ0) is 21.6. The van der Waals surface area contributed by atoms with Crippen LogP contribution in [0, 0.1) is 0 Å². The van der Waals surface area contributed by atoms with Crippen LogP contribution >= 0.6 is 11.6 Å². The number of carbonyl (C=O) groups excluding carboxylic acids is 2. The fraction of sp³-hybridized carbons (Fsp3) is 0.208. The van der Waals surface area contributed by atoms with Gasteiger partial charge in [-0.05, 0) is 60.0 Å². The summed E-state index contributed by atoms with van der Waals surface area (Å²) in [4.78, 5) is 33.1. The second-order valence-corrected chi connectivity index (χ2v) is 7.86. The van der Waals surface area contributed by atoms with Crippen molar-refractivity contribution in [2.45, 2.75) is 19.5 Å². The number of aromatic nitrogens is 1. The molecule has 7 heteroatoms. The highest BCUT2D eigenvalue weighted by molar-refractivity contribution is 6.30. The zero-order valence-electron chi connectivity index (χ0n) is 17.0. The Balaban J connectivity index is 1.38. The average Bonchev–Trinajstić information content (AvgIpc) is 2.81. The number of nitrogens with one attached hydrogen (secondary N) is 1. The molecule has 1 saturated heterocycles. The Kier molecular flexibility index (Phi) is 6.48. The Bertz CT molecular complexity index is 1040. The number of urea groups is 1. The largest absolute Gasteiger partial charge is 0.348 e. The van der Waals surface area contributed by atoms with Crippen molar-refractivity contribution in [2.75, 3.05) is 18.0 Å². The van der Waals surface area contributed by atoms with Crippen LogP contribution in [0.1, 0.15) is 27.9 Å². The molecule has 0 spiro atoms. The highest BCUT2D eigenvalue weighted by atomic mass is 35.5. The summed E-state index contributed by atoms with van der Waals surface area (Å²) in [6, 6.07) is 18.4. The lowest BCUT2D eigenvalue weighted by atomic mass is 10.1. The maximum atomic E-state index is 13.0. The van der Waals surface area contributed by atoms with Gasteiger partial charge in [-0.3, -0.25) is 14.7 Å². The number of nitrogens with zero attached hydrogens (tertiary/aromatic N) is 3. The highest BCUT2D eigenvalue weighted by Crippen LogP contribution is 2.22. The molecule has 0 atom stereocenters. The standard InChI is InChI=1S/C24H23ClN4O2/c25-21-8-4-18(5-9-21)17-28-13-2-14-29(24(28)31)22-10-6-20(7-11-22)23(30)27-16-19-3-1-12-26-15-19/h1,3-12,15H,2,13-14,16-17H2,(H,27,30). The number of hydrogen-bond acceptors (Lipinski definition) is 3. The van der Waals surface area contributed by atoms with Gasteiger partial charge in [0, 0.05) is 54.8 Å². The van der Waals surface area contributed by atoms with E-state index in [2.05, 4.69) is 10.3 Å². The molecule has 1 aliphatic rings. The van der Waals surface area contributed by atoms with Crippen molar-refractivity contribution < 1.29 is 9.59 Å². The second-order valence-electron chi connectivity index (χ2n) is 7.43.